The SMILES string of the molecule is Brc1ccc(NN=C2CCC2)nc1. The normalized spacial score (nSPS) is 15.0. The number of halogens is 1. The molecule has 1 fully saturated rings. The van der Waals surface area contributed by atoms with Crippen LogP contribution in [0.1, 0.15) is 19.3 Å². The van der Waals surface area contributed by atoms with Gasteiger partial charge in [-0.25, -0.2) is 4.98 Å². The average Bonchev–Trinajstić information content (AvgIpc) is 2.05. The lowest BCUT2D eigenvalue weighted by Crippen LogP contribution is -2.11. The van der Waals surface area contributed by atoms with Crippen LogP contribution < -0.4 is 5.43 Å². The molecule has 1 aromatic rings. The van der Waals surface area contributed by atoms with Gasteiger partial charge in [0.1, 0.15) is 5.82 Å². The van der Waals surface area contributed by atoms with Gasteiger partial charge in [0.15, 0.2) is 0 Å². The molecule has 1 heterocycles. The van der Waals surface area contributed by atoms with Gasteiger partial charge in [0.05, 0.1) is 0 Å². The molecule has 1 aliphatic rings. The van der Waals surface area contributed by atoms with Crippen molar-refractivity contribution in [3.05, 3.63) is 22.8 Å². The molecule has 0 unspecified atom stereocenters. The number of rotatable bonds is 2. The lowest BCUT2D eigenvalue weighted by Gasteiger charge is -2.13. The maximum Gasteiger partial charge on any atom is 0.146 e. The number of aromatic nitrogens is 1. The van der Waals surface area contributed by atoms with E-state index in [9.17, 15) is 0 Å². The first-order valence-corrected chi connectivity index (χ1v) is 5.07. The zero-order valence-electron chi connectivity index (χ0n) is 7.13. The van der Waals surface area contributed by atoms with E-state index in [-0.39, 0.29) is 0 Å². The van der Waals surface area contributed by atoms with Crippen molar-refractivity contribution < 1.29 is 0 Å². The van der Waals surface area contributed by atoms with E-state index in [0.717, 1.165) is 23.1 Å². The van der Waals surface area contributed by atoms with Crippen LogP contribution in [0.5, 0.6) is 0 Å². The van der Waals surface area contributed by atoms with Crippen LogP contribution in [0.3, 0.4) is 0 Å². The summed E-state index contributed by atoms with van der Waals surface area (Å²) in [6.45, 7) is 0. The van der Waals surface area contributed by atoms with Gasteiger partial charge < -0.3 is 0 Å². The lowest BCUT2D eigenvalue weighted by molar-refractivity contribution is 0.798. The number of hydrazone groups is 1. The third-order valence-corrected chi connectivity index (χ3v) is 2.46. The zero-order chi connectivity index (χ0) is 9.10. The number of anilines is 1. The van der Waals surface area contributed by atoms with Crippen LogP contribution in [-0.2, 0) is 0 Å². The summed E-state index contributed by atoms with van der Waals surface area (Å²) in [4.78, 5) is 4.14. The van der Waals surface area contributed by atoms with E-state index in [1.165, 1.54) is 12.1 Å². The molecule has 68 valence electrons. The summed E-state index contributed by atoms with van der Waals surface area (Å²) in [5, 5.41) is 4.22. The second-order valence-corrected chi connectivity index (χ2v) is 3.92. The van der Waals surface area contributed by atoms with Crippen molar-refractivity contribution in [2.24, 2.45) is 5.10 Å². The Morgan fingerprint density at radius 2 is 2.23 bits per heavy atom. The topological polar surface area (TPSA) is 37.3 Å². The van der Waals surface area contributed by atoms with Gasteiger partial charge in [-0.1, -0.05) is 0 Å². The summed E-state index contributed by atoms with van der Waals surface area (Å²) in [6, 6.07) is 3.84. The van der Waals surface area contributed by atoms with Gasteiger partial charge in [-0.05, 0) is 47.3 Å². The predicted molar refractivity (Wildman–Crippen MR) is 56.8 cm³/mol. The summed E-state index contributed by atoms with van der Waals surface area (Å²) in [6.07, 6.45) is 5.28. The zero-order valence-corrected chi connectivity index (χ0v) is 8.71. The predicted octanol–water partition coefficient (Wildman–Crippen LogP) is 2.80. The summed E-state index contributed by atoms with van der Waals surface area (Å²) >= 11 is 3.32. The molecule has 4 heteroatoms. The molecule has 0 atom stereocenters. The van der Waals surface area contributed by atoms with E-state index >= 15 is 0 Å². The van der Waals surface area contributed by atoms with Crippen LogP contribution in [0.2, 0.25) is 0 Å². The van der Waals surface area contributed by atoms with Gasteiger partial charge in [0, 0.05) is 16.4 Å². The van der Waals surface area contributed by atoms with E-state index in [4.69, 9.17) is 0 Å². The van der Waals surface area contributed by atoms with E-state index in [0.29, 0.717) is 0 Å². The summed E-state index contributed by atoms with van der Waals surface area (Å²) < 4.78 is 0.981. The minimum Gasteiger partial charge on any atom is -0.261 e. The summed E-state index contributed by atoms with van der Waals surface area (Å²) in [7, 11) is 0. The molecule has 3 nitrogen and oxygen atoms in total. The van der Waals surface area contributed by atoms with Crippen LogP contribution in [0, 0.1) is 0 Å². The molecule has 1 N–H and O–H groups in total. The molecule has 0 aliphatic heterocycles. The molecule has 0 aromatic carbocycles. The van der Waals surface area contributed by atoms with E-state index in [1.54, 1.807) is 6.20 Å². The van der Waals surface area contributed by atoms with Gasteiger partial charge >= 0.3 is 0 Å². The smallest absolute Gasteiger partial charge is 0.146 e. The number of nitrogens with zero attached hydrogens (tertiary/aromatic N) is 2. The highest BCUT2D eigenvalue weighted by Crippen LogP contribution is 2.15. The van der Waals surface area contributed by atoms with E-state index in [2.05, 4.69) is 31.4 Å². The Labute approximate surface area is 85.4 Å². The van der Waals surface area contributed by atoms with Gasteiger partial charge in [0.2, 0.25) is 0 Å². The summed E-state index contributed by atoms with van der Waals surface area (Å²) in [5.41, 5.74) is 4.17. The van der Waals surface area contributed by atoms with Gasteiger partial charge in [-0.3, -0.25) is 5.43 Å². The Bertz CT molecular complexity index is 312. The van der Waals surface area contributed by atoms with E-state index < -0.39 is 0 Å². The van der Waals surface area contributed by atoms with Crippen LogP contribution in [0.4, 0.5) is 5.82 Å². The van der Waals surface area contributed by atoms with Crippen molar-refractivity contribution in [2.75, 3.05) is 5.43 Å². The maximum atomic E-state index is 4.22. The molecular formula is C9H10BrN3. The highest BCUT2D eigenvalue weighted by Gasteiger charge is 2.09. The second kappa shape index (κ2) is 3.87. The fourth-order valence-corrected chi connectivity index (χ4v) is 1.26. The first-order valence-electron chi connectivity index (χ1n) is 4.27. The number of hydrogen-bond acceptors (Lipinski definition) is 3. The Kier molecular flexibility index (Phi) is 2.59. The first-order chi connectivity index (χ1) is 6.34. The fourth-order valence-electron chi connectivity index (χ4n) is 1.02. The van der Waals surface area contributed by atoms with Gasteiger partial charge in [0.25, 0.3) is 0 Å². The molecule has 13 heavy (non-hydrogen) atoms. The molecular weight excluding hydrogens is 230 g/mol. The monoisotopic (exact) mass is 239 g/mol. The third kappa shape index (κ3) is 2.28. The third-order valence-electron chi connectivity index (χ3n) is 1.99. The van der Waals surface area contributed by atoms with Crippen molar-refractivity contribution >= 4 is 27.5 Å². The lowest BCUT2D eigenvalue weighted by atomic mass is 9.98. The standard InChI is InChI=1S/C9H10BrN3/c10-7-4-5-9(11-6-7)13-12-8-2-1-3-8/h4-6H,1-3H2,(H,11,13). The summed E-state index contributed by atoms with van der Waals surface area (Å²) in [5.74, 6) is 0.794. The number of hydrogen-bond donors (Lipinski definition) is 1. The molecule has 0 spiro atoms. The van der Waals surface area contributed by atoms with Crippen LogP contribution in [0.25, 0.3) is 0 Å². The first kappa shape index (κ1) is 8.69. The molecule has 1 aliphatic carbocycles. The minimum absolute atomic E-state index is 0.794. The quantitative estimate of drug-likeness (QED) is 0.807. The van der Waals surface area contributed by atoms with E-state index in [1.807, 2.05) is 12.1 Å². The molecule has 0 amide bonds. The molecule has 1 saturated carbocycles. The fraction of sp³-hybridized carbons (Fsp3) is 0.333. The average molecular weight is 240 g/mol. The van der Waals surface area contributed by atoms with Crippen molar-refractivity contribution in [2.45, 2.75) is 19.3 Å². The van der Waals surface area contributed by atoms with Crippen LogP contribution in [0.15, 0.2) is 27.9 Å². The number of pyridine rings is 1. The van der Waals surface area contributed by atoms with Crippen molar-refractivity contribution in [3.63, 3.8) is 0 Å². The Morgan fingerprint density at radius 3 is 2.77 bits per heavy atom. The van der Waals surface area contributed by atoms with Gasteiger partial charge in [-0.2, -0.15) is 5.10 Å². The number of nitrogens with one attached hydrogen (secondary N) is 1. The largest absolute Gasteiger partial charge is 0.261 e. The molecule has 2 rings (SSSR count). The highest BCUT2D eigenvalue weighted by atomic mass is 79.9. The van der Waals surface area contributed by atoms with Crippen LogP contribution >= 0.6 is 15.9 Å². The highest BCUT2D eigenvalue weighted by molar-refractivity contribution is 9.10. The molecule has 1 aromatic heterocycles. The van der Waals surface area contributed by atoms with Crippen molar-refractivity contribution in [3.8, 4) is 0 Å². The van der Waals surface area contributed by atoms with Gasteiger partial charge in [-0.15, -0.1) is 0 Å². The molecule has 0 bridgehead atoms. The maximum absolute atomic E-state index is 4.22. The van der Waals surface area contributed by atoms with Crippen molar-refractivity contribution in [1.82, 2.24) is 4.98 Å². The Balaban J connectivity index is 1.97. The minimum atomic E-state index is 0.794. The second-order valence-electron chi connectivity index (χ2n) is 3.01. The van der Waals surface area contributed by atoms with Crippen molar-refractivity contribution in [1.29, 1.82) is 0 Å². The molecule has 0 saturated heterocycles. The Morgan fingerprint density at radius 1 is 1.38 bits per heavy atom. The molecule has 0 radical (unpaired) electrons. The Hall–Kier alpha value is -0.900. The van der Waals surface area contributed by atoms with Crippen LogP contribution in [-0.4, -0.2) is 10.7 Å².